The maximum Gasteiger partial charge on any atom is 0.175 e. The first kappa shape index (κ1) is 13.1. The summed E-state index contributed by atoms with van der Waals surface area (Å²) in [5.74, 6) is 1.29. The lowest BCUT2D eigenvalue weighted by atomic mass is 9.88. The quantitative estimate of drug-likeness (QED) is 0.901. The Bertz CT molecular complexity index is 555. The van der Waals surface area contributed by atoms with Gasteiger partial charge in [0.1, 0.15) is 5.76 Å². The Balaban J connectivity index is 2.51. The predicted molar refractivity (Wildman–Crippen MR) is 77.2 cm³/mol. The van der Waals surface area contributed by atoms with E-state index in [9.17, 15) is 0 Å². The summed E-state index contributed by atoms with van der Waals surface area (Å²) in [5, 5.41) is 3.90. The molecule has 0 bridgehead atoms. The van der Waals surface area contributed by atoms with Gasteiger partial charge in [-0.1, -0.05) is 60.1 Å². The molecule has 0 saturated heterocycles. The Morgan fingerprint density at radius 1 is 1.28 bits per heavy atom. The fourth-order valence-electron chi connectivity index (χ4n) is 1.89. The molecule has 2 N–H and O–H groups in total. The monoisotopic (exact) mass is 308 g/mol. The first-order chi connectivity index (χ1) is 8.38. The molecule has 1 heterocycles. The molecule has 0 aliphatic heterocycles. The molecule has 2 rings (SSSR count). The first-order valence-electron chi connectivity index (χ1n) is 5.87. The lowest BCUT2D eigenvalue weighted by Gasteiger charge is -2.16. The molecule has 96 valence electrons. The van der Waals surface area contributed by atoms with Gasteiger partial charge in [0.25, 0.3) is 0 Å². The average Bonchev–Trinajstić information content (AvgIpc) is 2.59. The Morgan fingerprint density at radius 3 is 2.56 bits per heavy atom. The van der Waals surface area contributed by atoms with Gasteiger partial charge in [-0.2, -0.15) is 0 Å². The molecule has 18 heavy (non-hydrogen) atoms. The van der Waals surface area contributed by atoms with E-state index in [2.05, 4.69) is 41.9 Å². The molecule has 0 aliphatic carbocycles. The van der Waals surface area contributed by atoms with Gasteiger partial charge in [0.05, 0.1) is 5.56 Å². The number of nitrogen functional groups attached to an aromatic ring is 1. The van der Waals surface area contributed by atoms with Crippen LogP contribution in [0.2, 0.25) is 0 Å². The van der Waals surface area contributed by atoms with E-state index in [4.69, 9.17) is 10.3 Å². The summed E-state index contributed by atoms with van der Waals surface area (Å²) in [5.41, 5.74) is 7.99. The fraction of sp³-hybridized carbons (Fsp3) is 0.357. The Kier molecular flexibility index (Phi) is 3.48. The Labute approximate surface area is 115 Å². The summed E-state index contributed by atoms with van der Waals surface area (Å²) in [6, 6.07) is 7.95. The van der Waals surface area contributed by atoms with E-state index in [1.165, 1.54) is 0 Å². The van der Waals surface area contributed by atoms with Crippen molar-refractivity contribution in [3.05, 3.63) is 34.5 Å². The molecule has 0 saturated carbocycles. The highest BCUT2D eigenvalue weighted by molar-refractivity contribution is 9.10. The van der Waals surface area contributed by atoms with Crippen LogP contribution in [0.4, 0.5) is 5.82 Å². The smallest absolute Gasteiger partial charge is 0.175 e. The van der Waals surface area contributed by atoms with E-state index in [1.54, 1.807) is 0 Å². The van der Waals surface area contributed by atoms with Crippen molar-refractivity contribution in [1.82, 2.24) is 5.16 Å². The summed E-state index contributed by atoms with van der Waals surface area (Å²) in [7, 11) is 0. The van der Waals surface area contributed by atoms with Gasteiger partial charge in [-0.3, -0.25) is 0 Å². The van der Waals surface area contributed by atoms with Crippen LogP contribution in [0, 0.1) is 5.41 Å². The third kappa shape index (κ3) is 2.75. The van der Waals surface area contributed by atoms with Crippen molar-refractivity contribution < 1.29 is 4.52 Å². The summed E-state index contributed by atoms with van der Waals surface area (Å²) in [6.45, 7) is 6.49. The molecule has 0 fully saturated rings. The van der Waals surface area contributed by atoms with Gasteiger partial charge in [-0.15, -0.1) is 0 Å². The van der Waals surface area contributed by atoms with Gasteiger partial charge in [-0.05, 0) is 11.5 Å². The minimum atomic E-state index is 0.127. The molecule has 1 aromatic heterocycles. The van der Waals surface area contributed by atoms with Crippen molar-refractivity contribution >= 4 is 21.7 Å². The Morgan fingerprint density at radius 2 is 1.94 bits per heavy atom. The molecule has 1 aromatic carbocycles. The van der Waals surface area contributed by atoms with E-state index in [1.807, 2.05) is 24.3 Å². The average molecular weight is 309 g/mol. The zero-order chi connectivity index (χ0) is 13.3. The summed E-state index contributed by atoms with van der Waals surface area (Å²) < 4.78 is 6.38. The topological polar surface area (TPSA) is 52.0 Å². The molecule has 4 heteroatoms. The van der Waals surface area contributed by atoms with Crippen LogP contribution in [0.1, 0.15) is 26.5 Å². The van der Waals surface area contributed by atoms with Crippen LogP contribution in [-0.2, 0) is 6.42 Å². The number of aromatic nitrogens is 1. The van der Waals surface area contributed by atoms with E-state index < -0.39 is 0 Å². The molecular weight excluding hydrogens is 292 g/mol. The number of nitrogens with two attached hydrogens (primary N) is 1. The van der Waals surface area contributed by atoms with E-state index in [0.29, 0.717) is 5.82 Å². The first-order valence-corrected chi connectivity index (χ1v) is 6.67. The van der Waals surface area contributed by atoms with Crippen LogP contribution in [0.3, 0.4) is 0 Å². The van der Waals surface area contributed by atoms with E-state index in [-0.39, 0.29) is 5.41 Å². The van der Waals surface area contributed by atoms with Crippen LogP contribution in [0.5, 0.6) is 0 Å². The van der Waals surface area contributed by atoms with Crippen LogP contribution in [0.25, 0.3) is 11.1 Å². The van der Waals surface area contributed by atoms with Crippen molar-refractivity contribution in [1.29, 1.82) is 0 Å². The zero-order valence-electron chi connectivity index (χ0n) is 10.8. The molecule has 0 atom stereocenters. The number of nitrogens with zero attached hydrogens (tertiary/aromatic N) is 1. The molecule has 0 amide bonds. The van der Waals surface area contributed by atoms with Crippen LogP contribution in [-0.4, -0.2) is 5.16 Å². The third-order valence-electron chi connectivity index (χ3n) is 2.62. The van der Waals surface area contributed by atoms with E-state index >= 15 is 0 Å². The highest BCUT2D eigenvalue weighted by Gasteiger charge is 2.22. The second kappa shape index (κ2) is 4.76. The Hall–Kier alpha value is -1.29. The number of hydrogen-bond donors (Lipinski definition) is 1. The van der Waals surface area contributed by atoms with Crippen LogP contribution < -0.4 is 5.73 Å². The van der Waals surface area contributed by atoms with Gasteiger partial charge in [0, 0.05) is 16.5 Å². The summed E-state index contributed by atoms with van der Waals surface area (Å²) in [6.07, 6.45) is 0.799. The van der Waals surface area contributed by atoms with E-state index in [0.717, 1.165) is 27.8 Å². The minimum absolute atomic E-state index is 0.127. The number of halogens is 1. The van der Waals surface area contributed by atoms with Crippen molar-refractivity contribution in [2.45, 2.75) is 27.2 Å². The molecule has 0 radical (unpaired) electrons. The third-order valence-corrected chi connectivity index (χ3v) is 3.31. The SMILES string of the molecule is CC(C)(C)Cc1onc(N)c1-c1ccccc1Br. The van der Waals surface area contributed by atoms with Crippen molar-refractivity contribution in [2.75, 3.05) is 5.73 Å². The number of rotatable bonds is 2. The summed E-state index contributed by atoms with van der Waals surface area (Å²) >= 11 is 3.54. The molecule has 0 unspecified atom stereocenters. The van der Waals surface area contributed by atoms with Crippen molar-refractivity contribution in [2.24, 2.45) is 5.41 Å². The highest BCUT2D eigenvalue weighted by Crippen LogP contribution is 2.37. The zero-order valence-corrected chi connectivity index (χ0v) is 12.4. The second-order valence-electron chi connectivity index (χ2n) is 5.58. The molecular formula is C14H17BrN2O. The molecule has 0 aliphatic rings. The standard InChI is InChI=1S/C14H17BrN2O/c1-14(2,3)8-11-12(13(16)17-18-11)9-6-4-5-7-10(9)15/h4-7H,8H2,1-3H3,(H2,16,17). The van der Waals surface area contributed by atoms with Gasteiger partial charge in [0.15, 0.2) is 5.82 Å². The predicted octanol–water partition coefficient (Wildman–Crippen LogP) is 4.27. The largest absolute Gasteiger partial charge is 0.380 e. The second-order valence-corrected chi connectivity index (χ2v) is 6.44. The fourth-order valence-corrected chi connectivity index (χ4v) is 2.38. The maximum absolute atomic E-state index is 5.94. The van der Waals surface area contributed by atoms with Crippen LogP contribution in [0.15, 0.2) is 33.3 Å². The number of benzene rings is 1. The maximum atomic E-state index is 5.94. The van der Waals surface area contributed by atoms with Crippen molar-refractivity contribution in [3.63, 3.8) is 0 Å². The van der Waals surface area contributed by atoms with Gasteiger partial charge < -0.3 is 10.3 Å². The highest BCUT2D eigenvalue weighted by atomic mass is 79.9. The molecule has 3 nitrogen and oxygen atoms in total. The number of anilines is 1. The minimum Gasteiger partial charge on any atom is -0.380 e. The molecule has 2 aromatic rings. The van der Waals surface area contributed by atoms with Crippen LogP contribution >= 0.6 is 15.9 Å². The normalized spacial score (nSPS) is 11.8. The van der Waals surface area contributed by atoms with Gasteiger partial charge in [0.2, 0.25) is 0 Å². The van der Waals surface area contributed by atoms with Gasteiger partial charge >= 0.3 is 0 Å². The lowest BCUT2D eigenvalue weighted by Crippen LogP contribution is -2.09. The lowest BCUT2D eigenvalue weighted by molar-refractivity contribution is 0.322. The number of hydrogen-bond acceptors (Lipinski definition) is 3. The summed E-state index contributed by atoms with van der Waals surface area (Å²) in [4.78, 5) is 0. The molecule has 0 spiro atoms. The van der Waals surface area contributed by atoms with Gasteiger partial charge in [-0.25, -0.2) is 0 Å². The van der Waals surface area contributed by atoms with Crippen molar-refractivity contribution in [3.8, 4) is 11.1 Å².